The van der Waals surface area contributed by atoms with Crippen molar-refractivity contribution in [3.05, 3.63) is 46.4 Å². The molecule has 1 unspecified atom stereocenters. The molecule has 1 fully saturated rings. The van der Waals surface area contributed by atoms with E-state index in [2.05, 4.69) is 9.97 Å². The maximum absolute atomic E-state index is 13.2. The van der Waals surface area contributed by atoms with Crippen molar-refractivity contribution in [2.24, 2.45) is 0 Å². The first-order valence-electron chi connectivity index (χ1n) is 9.55. The molecule has 3 aromatic rings. The van der Waals surface area contributed by atoms with E-state index in [0.717, 1.165) is 23.0 Å². The lowest BCUT2D eigenvalue weighted by molar-refractivity contribution is 0.169. The van der Waals surface area contributed by atoms with Gasteiger partial charge in [0.05, 0.1) is 6.54 Å². The minimum atomic E-state index is -0.934. The van der Waals surface area contributed by atoms with Crippen LogP contribution in [0.1, 0.15) is 25.3 Å². The number of nitrogens with one attached hydrogen (secondary N) is 1. The lowest BCUT2D eigenvalue weighted by Gasteiger charge is -2.30. The third-order valence-corrected chi connectivity index (χ3v) is 6.34. The molecule has 9 nitrogen and oxygen atoms in total. The number of nitrogens with zero attached hydrogens (tertiary/aromatic N) is 5. The summed E-state index contributed by atoms with van der Waals surface area (Å²) in [6, 6.07) is 9.09. The van der Waals surface area contributed by atoms with Gasteiger partial charge in [-0.15, -0.1) is 0 Å². The summed E-state index contributed by atoms with van der Waals surface area (Å²) < 4.78 is 10.8. The molecule has 2 aromatic heterocycles. The van der Waals surface area contributed by atoms with Crippen molar-refractivity contribution in [2.75, 3.05) is 24.6 Å². The van der Waals surface area contributed by atoms with Gasteiger partial charge in [-0.1, -0.05) is 37.3 Å². The van der Waals surface area contributed by atoms with Crippen molar-refractivity contribution >= 4 is 33.7 Å². The Morgan fingerprint density at radius 1 is 1.24 bits per heavy atom. The molecule has 1 aromatic carbocycles. The number of rotatable bonds is 5. The van der Waals surface area contributed by atoms with Crippen LogP contribution in [0.5, 0.6) is 0 Å². The van der Waals surface area contributed by atoms with E-state index in [4.69, 9.17) is 10.5 Å². The number of nitrogen functional groups attached to an aromatic ring is 1. The Balaban J connectivity index is 1.93. The number of imidazole rings is 1. The largest absolute Gasteiger partial charge is 0.382 e. The lowest BCUT2D eigenvalue weighted by atomic mass is 10.2. The number of fused-ring (bicyclic) bond motifs is 1. The van der Waals surface area contributed by atoms with Gasteiger partial charge >= 0.3 is 11.7 Å². The maximum atomic E-state index is 13.2. The number of benzene rings is 1. The maximum Gasteiger partial charge on any atom is 0.339 e. The first-order valence-corrected chi connectivity index (χ1v) is 10.9. The van der Waals surface area contributed by atoms with Gasteiger partial charge in [-0.25, -0.2) is 24.1 Å². The van der Waals surface area contributed by atoms with Crippen LogP contribution in [-0.2, 0) is 17.2 Å². The molecule has 29 heavy (non-hydrogen) atoms. The number of carbonyl (C=O) groups is 1. The summed E-state index contributed by atoms with van der Waals surface area (Å²) in [5.74, 6) is 0.671. The number of nitrogens with two attached hydrogens (primary N) is 1. The average Bonchev–Trinajstić information content (AvgIpc) is 2.94. The second-order valence-corrected chi connectivity index (χ2v) is 8.53. The summed E-state index contributed by atoms with van der Waals surface area (Å²) in [4.78, 5) is 36.6. The monoisotopic (exact) mass is 413 g/mol. The second kappa shape index (κ2) is 7.78. The van der Waals surface area contributed by atoms with Crippen LogP contribution in [0.15, 0.2) is 40.3 Å². The zero-order valence-electron chi connectivity index (χ0n) is 16.2. The van der Waals surface area contributed by atoms with Crippen molar-refractivity contribution in [1.29, 1.82) is 4.78 Å². The van der Waals surface area contributed by atoms with Crippen molar-refractivity contribution < 1.29 is 4.79 Å². The van der Waals surface area contributed by atoms with Crippen LogP contribution in [0.2, 0.25) is 0 Å². The van der Waals surface area contributed by atoms with E-state index in [1.54, 1.807) is 4.90 Å². The van der Waals surface area contributed by atoms with Crippen LogP contribution in [-0.4, -0.2) is 48.9 Å². The van der Waals surface area contributed by atoms with Gasteiger partial charge in [0.1, 0.15) is 5.52 Å². The topological polar surface area (TPSA) is 123 Å². The van der Waals surface area contributed by atoms with Gasteiger partial charge in [-0.05, 0) is 29.1 Å². The van der Waals surface area contributed by atoms with Gasteiger partial charge in [0, 0.05) is 18.8 Å². The molecule has 1 atom stereocenters. The lowest BCUT2D eigenvalue weighted by Crippen LogP contribution is -2.47. The molecule has 1 amide bonds. The molecule has 0 radical (unpaired) electrons. The first kappa shape index (κ1) is 19.3. The highest BCUT2D eigenvalue weighted by atomic mass is 32.2. The quantitative estimate of drug-likeness (QED) is 0.620. The molecule has 1 saturated heterocycles. The second-order valence-electron chi connectivity index (χ2n) is 6.97. The van der Waals surface area contributed by atoms with Crippen LogP contribution < -0.4 is 11.4 Å². The smallest absolute Gasteiger partial charge is 0.339 e. The van der Waals surface area contributed by atoms with E-state index in [1.165, 1.54) is 4.57 Å². The highest BCUT2D eigenvalue weighted by molar-refractivity contribution is 7.85. The summed E-state index contributed by atoms with van der Waals surface area (Å²) in [7, 11) is -0.934. The van der Waals surface area contributed by atoms with Crippen LogP contribution >= 0.6 is 0 Å². The number of carbonyl (C=O) groups excluding carboxylic acids is 1. The van der Waals surface area contributed by atoms with E-state index in [0.29, 0.717) is 29.6 Å². The molecule has 4 rings (SSSR count). The molecule has 152 valence electrons. The van der Waals surface area contributed by atoms with Crippen molar-refractivity contribution in [1.82, 2.24) is 24.0 Å². The van der Waals surface area contributed by atoms with Gasteiger partial charge in [-0.2, -0.15) is 0 Å². The Bertz CT molecular complexity index is 1150. The fourth-order valence-electron chi connectivity index (χ4n) is 3.29. The fourth-order valence-corrected chi connectivity index (χ4v) is 4.29. The van der Waals surface area contributed by atoms with Crippen molar-refractivity contribution in [3.8, 4) is 0 Å². The number of hydrogen-bond donors (Lipinski definition) is 2. The Morgan fingerprint density at radius 2 is 1.97 bits per heavy atom. The molecule has 3 N–H and O–H groups in total. The first-order chi connectivity index (χ1) is 14.0. The van der Waals surface area contributed by atoms with Gasteiger partial charge in [0.2, 0.25) is 5.16 Å². The predicted molar refractivity (Wildman–Crippen MR) is 112 cm³/mol. The minimum absolute atomic E-state index is 0.0589. The Morgan fingerprint density at radius 3 is 2.59 bits per heavy atom. The Kier molecular flexibility index (Phi) is 5.18. The predicted octanol–water partition coefficient (Wildman–Crippen LogP) is 2.05. The number of anilines is 1. The summed E-state index contributed by atoms with van der Waals surface area (Å²) in [5.41, 5.74) is 7.13. The summed E-state index contributed by atoms with van der Waals surface area (Å²) in [5, 5.41) is 0.298. The molecular weight excluding hydrogens is 390 g/mol. The van der Waals surface area contributed by atoms with E-state index in [1.807, 2.05) is 37.3 Å². The number of aromatic nitrogens is 4. The Hall–Kier alpha value is -3.01. The van der Waals surface area contributed by atoms with Crippen molar-refractivity contribution in [3.63, 3.8) is 0 Å². The normalized spacial score (nSPS) is 14.7. The van der Waals surface area contributed by atoms with Crippen LogP contribution in [0, 0.1) is 4.78 Å². The van der Waals surface area contributed by atoms with E-state index < -0.39 is 22.4 Å². The molecule has 0 aliphatic carbocycles. The zero-order valence-corrected chi connectivity index (χ0v) is 17.0. The molecule has 3 heterocycles. The van der Waals surface area contributed by atoms with Crippen LogP contribution in [0.4, 0.5) is 10.6 Å². The third kappa shape index (κ3) is 3.44. The van der Waals surface area contributed by atoms with Gasteiger partial charge in [0.15, 0.2) is 11.5 Å². The molecule has 0 saturated carbocycles. The van der Waals surface area contributed by atoms with E-state index in [-0.39, 0.29) is 17.9 Å². The van der Waals surface area contributed by atoms with Gasteiger partial charge in [-0.3, -0.25) is 9.35 Å². The molecule has 0 spiro atoms. The average molecular weight is 414 g/mol. The summed E-state index contributed by atoms with van der Waals surface area (Å²) in [6.07, 6.45) is 1.73. The zero-order chi connectivity index (χ0) is 20.5. The van der Waals surface area contributed by atoms with Crippen molar-refractivity contribution in [2.45, 2.75) is 31.5 Å². The molecule has 1 aliphatic heterocycles. The molecule has 1 aliphatic rings. The van der Waals surface area contributed by atoms with E-state index in [9.17, 15) is 9.59 Å². The van der Waals surface area contributed by atoms with Crippen LogP contribution in [0.25, 0.3) is 11.2 Å². The third-order valence-electron chi connectivity index (χ3n) is 4.90. The standard InChI is InChI=1S/C19H23N7O2S/c1-2-11-29(21)17-22-15(20)14-16(23-17)25(12-13-7-4-3-5-8-13)19(28)26(14)18(27)24-9-6-10-24/h3-5,7-8,21H,2,6,9-12H2,1H3,(H2,20,22,23). The fraction of sp³-hybridized carbons (Fsp3) is 0.368. The highest BCUT2D eigenvalue weighted by Gasteiger charge is 2.29. The Labute approximate surface area is 170 Å². The highest BCUT2D eigenvalue weighted by Crippen LogP contribution is 2.22. The summed E-state index contributed by atoms with van der Waals surface area (Å²) in [6.45, 7) is 3.47. The van der Waals surface area contributed by atoms with E-state index >= 15 is 0 Å². The van der Waals surface area contributed by atoms with Gasteiger partial charge < -0.3 is 10.6 Å². The minimum Gasteiger partial charge on any atom is -0.382 e. The SMILES string of the molecule is CCCS(=N)c1nc(N)c2c(n1)n(Cc1ccccc1)c(=O)n2C(=O)N1CCC1. The molecule has 0 bridgehead atoms. The number of amides is 1. The number of hydrogen-bond acceptors (Lipinski definition) is 6. The summed E-state index contributed by atoms with van der Waals surface area (Å²) >= 11 is 0. The number of likely N-dealkylation sites (tertiary alicyclic amines) is 1. The molecular formula is C19H23N7O2S. The molecule has 10 heteroatoms. The van der Waals surface area contributed by atoms with Gasteiger partial charge in [0.25, 0.3) is 0 Å². The van der Waals surface area contributed by atoms with Crippen LogP contribution in [0.3, 0.4) is 0 Å².